The smallest absolute Gasteiger partial charge is 0.255 e. The van der Waals surface area contributed by atoms with Crippen molar-refractivity contribution in [3.63, 3.8) is 0 Å². The van der Waals surface area contributed by atoms with E-state index in [2.05, 4.69) is 10.3 Å². The van der Waals surface area contributed by atoms with E-state index in [4.69, 9.17) is 17.3 Å². The Hall–Kier alpha value is -3.29. The Balaban J connectivity index is 1.62. The number of benzene rings is 2. The summed E-state index contributed by atoms with van der Waals surface area (Å²) in [6, 6.07) is 13.7. The van der Waals surface area contributed by atoms with Gasteiger partial charge in [0.1, 0.15) is 5.82 Å². The molecule has 0 aliphatic heterocycles. The van der Waals surface area contributed by atoms with Gasteiger partial charge in [0, 0.05) is 52.9 Å². The largest absolute Gasteiger partial charge is 0.330 e. The number of pyridine rings is 1. The van der Waals surface area contributed by atoms with Gasteiger partial charge in [-0.2, -0.15) is 0 Å². The summed E-state index contributed by atoms with van der Waals surface area (Å²) in [4.78, 5) is 31.7. The molecule has 1 saturated carbocycles. The highest BCUT2D eigenvalue weighted by Gasteiger charge is 2.32. The number of amides is 2. The molecule has 0 saturated heterocycles. The Bertz CT molecular complexity index is 1170. The minimum Gasteiger partial charge on any atom is -0.330 e. The van der Waals surface area contributed by atoms with Crippen molar-refractivity contribution >= 4 is 29.1 Å². The molecule has 2 unspecified atom stereocenters. The van der Waals surface area contributed by atoms with Crippen molar-refractivity contribution in [1.82, 2.24) is 9.88 Å². The van der Waals surface area contributed by atoms with Gasteiger partial charge in [0.2, 0.25) is 0 Å². The molecule has 0 spiro atoms. The predicted molar refractivity (Wildman–Crippen MR) is 130 cm³/mol. The van der Waals surface area contributed by atoms with Crippen LogP contribution in [-0.2, 0) is 6.54 Å². The minimum absolute atomic E-state index is 0.181. The molecule has 1 aliphatic carbocycles. The van der Waals surface area contributed by atoms with Gasteiger partial charge in [0.25, 0.3) is 11.8 Å². The van der Waals surface area contributed by atoms with Crippen molar-refractivity contribution < 1.29 is 14.0 Å². The second-order valence-corrected chi connectivity index (χ2v) is 8.86. The van der Waals surface area contributed by atoms with Gasteiger partial charge in [-0.3, -0.25) is 14.6 Å². The SMILES string of the molecule is NC1CCCCC1N(Cc1cc(NC(=O)c2ccncc2)ccc1Cl)C(=O)c1cccc(F)c1. The fourth-order valence-electron chi connectivity index (χ4n) is 4.32. The summed E-state index contributed by atoms with van der Waals surface area (Å²) in [5.74, 6) is -1.06. The Kier molecular flexibility index (Phi) is 7.55. The molecule has 6 nitrogen and oxygen atoms in total. The highest BCUT2D eigenvalue weighted by atomic mass is 35.5. The van der Waals surface area contributed by atoms with Crippen molar-refractivity contribution in [1.29, 1.82) is 0 Å². The summed E-state index contributed by atoms with van der Waals surface area (Å²) in [7, 11) is 0. The fraction of sp³-hybridized carbons (Fsp3) is 0.269. The van der Waals surface area contributed by atoms with E-state index in [1.165, 1.54) is 18.2 Å². The van der Waals surface area contributed by atoms with Crippen LogP contribution in [-0.4, -0.2) is 33.8 Å². The first-order chi connectivity index (χ1) is 16.4. The summed E-state index contributed by atoms with van der Waals surface area (Å²) in [6.07, 6.45) is 6.64. The van der Waals surface area contributed by atoms with Crippen LogP contribution in [0.1, 0.15) is 52.0 Å². The highest BCUT2D eigenvalue weighted by Crippen LogP contribution is 2.29. The number of hydrogen-bond donors (Lipinski definition) is 2. The molecule has 1 heterocycles. The molecule has 1 aliphatic rings. The van der Waals surface area contributed by atoms with Gasteiger partial charge >= 0.3 is 0 Å². The molecule has 8 heteroatoms. The van der Waals surface area contributed by atoms with E-state index in [1.807, 2.05) is 0 Å². The molecule has 3 aromatic rings. The minimum atomic E-state index is -0.474. The third kappa shape index (κ3) is 5.61. The molecule has 2 atom stereocenters. The topological polar surface area (TPSA) is 88.3 Å². The lowest BCUT2D eigenvalue weighted by Gasteiger charge is -2.38. The Morgan fingerprint density at radius 3 is 2.56 bits per heavy atom. The molecule has 176 valence electrons. The van der Waals surface area contributed by atoms with Crippen LogP contribution < -0.4 is 11.1 Å². The number of carbonyl (C=O) groups excluding carboxylic acids is 2. The van der Waals surface area contributed by atoms with Crippen LogP contribution in [0.25, 0.3) is 0 Å². The molecule has 2 aromatic carbocycles. The lowest BCUT2D eigenvalue weighted by atomic mass is 9.89. The maximum Gasteiger partial charge on any atom is 0.255 e. The van der Waals surface area contributed by atoms with Gasteiger partial charge in [-0.05, 0) is 66.9 Å². The number of aromatic nitrogens is 1. The van der Waals surface area contributed by atoms with E-state index in [9.17, 15) is 14.0 Å². The predicted octanol–water partition coefficient (Wildman–Crippen LogP) is 5.04. The van der Waals surface area contributed by atoms with Gasteiger partial charge in [-0.25, -0.2) is 4.39 Å². The Labute approximate surface area is 202 Å². The van der Waals surface area contributed by atoms with Gasteiger partial charge in [0.15, 0.2) is 0 Å². The van der Waals surface area contributed by atoms with Crippen LogP contribution in [0.15, 0.2) is 67.0 Å². The van der Waals surface area contributed by atoms with Crippen molar-refractivity contribution in [2.75, 3.05) is 5.32 Å². The van der Waals surface area contributed by atoms with Crippen molar-refractivity contribution in [2.24, 2.45) is 5.73 Å². The van der Waals surface area contributed by atoms with Gasteiger partial charge in [-0.15, -0.1) is 0 Å². The van der Waals surface area contributed by atoms with Crippen LogP contribution in [0.4, 0.5) is 10.1 Å². The first kappa shape index (κ1) is 23.9. The number of anilines is 1. The maximum absolute atomic E-state index is 13.9. The van der Waals surface area contributed by atoms with E-state index in [1.54, 1.807) is 53.7 Å². The molecule has 0 bridgehead atoms. The fourth-order valence-corrected chi connectivity index (χ4v) is 4.49. The lowest BCUT2D eigenvalue weighted by Crippen LogP contribution is -2.51. The molecule has 4 rings (SSSR count). The van der Waals surface area contributed by atoms with Crippen molar-refractivity contribution in [3.8, 4) is 0 Å². The second kappa shape index (κ2) is 10.8. The van der Waals surface area contributed by atoms with Crippen molar-refractivity contribution in [2.45, 2.75) is 44.3 Å². The number of hydrogen-bond acceptors (Lipinski definition) is 4. The quantitative estimate of drug-likeness (QED) is 0.517. The standard InChI is InChI=1S/C26H26ClFN4O2/c27-22-9-8-21(31-25(33)17-10-12-30-13-11-17)15-19(22)16-32(24-7-2-1-6-23(24)29)26(34)18-4-3-5-20(28)14-18/h3-5,8-15,23-24H,1-2,6-7,16,29H2,(H,31,33). The number of nitrogens with two attached hydrogens (primary N) is 1. The molecule has 0 radical (unpaired) electrons. The van der Waals surface area contributed by atoms with Crippen LogP contribution in [0.2, 0.25) is 5.02 Å². The summed E-state index contributed by atoms with van der Waals surface area (Å²) in [6.45, 7) is 0.186. The third-order valence-electron chi connectivity index (χ3n) is 6.10. The monoisotopic (exact) mass is 480 g/mol. The number of nitrogens with zero attached hydrogens (tertiary/aromatic N) is 2. The van der Waals surface area contributed by atoms with Crippen molar-refractivity contribution in [3.05, 3.63) is 94.5 Å². The van der Waals surface area contributed by atoms with Gasteiger partial charge in [-0.1, -0.05) is 30.5 Å². The molecule has 1 aromatic heterocycles. The zero-order chi connectivity index (χ0) is 24.1. The van der Waals surface area contributed by atoms with Crippen LogP contribution in [0.5, 0.6) is 0 Å². The summed E-state index contributed by atoms with van der Waals surface area (Å²) in [5.41, 5.74) is 8.36. The highest BCUT2D eigenvalue weighted by molar-refractivity contribution is 6.31. The Morgan fingerprint density at radius 2 is 1.82 bits per heavy atom. The van der Waals surface area contributed by atoms with E-state index in [0.29, 0.717) is 21.8 Å². The summed E-state index contributed by atoms with van der Waals surface area (Å²) < 4.78 is 13.9. The number of rotatable bonds is 6. The molecule has 2 amide bonds. The number of nitrogens with one attached hydrogen (secondary N) is 1. The zero-order valence-corrected chi connectivity index (χ0v) is 19.3. The van der Waals surface area contributed by atoms with E-state index >= 15 is 0 Å². The van der Waals surface area contributed by atoms with Gasteiger partial charge < -0.3 is 16.0 Å². The average Bonchev–Trinajstić information content (AvgIpc) is 2.85. The molecular formula is C26H26ClFN4O2. The maximum atomic E-state index is 13.9. The Morgan fingerprint density at radius 1 is 1.06 bits per heavy atom. The number of halogens is 2. The van der Waals surface area contributed by atoms with Crippen LogP contribution in [0, 0.1) is 5.82 Å². The van der Waals surface area contributed by atoms with Crippen LogP contribution in [0.3, 0.4) is 0 Å². The van der Waals surface area contributed by atoms with Crippen LogP contribution >= 0.6 is 11.6 Å². The van der Waals surface area contributed by atoms with E-state index in [0.717, 1.165) is 25.7 Å². The molecule has 34 heavy (non-hydrogen) atoms. The van der Waals surface area contributed by atoms with E-state index < -0.39 is 5.82 Å². The van der Waals surface area contributed by atoms with E-state index in [-0.39, 0.29) is 36.0 Å². The third-order valence-corrected chi connectivity index (χ3v) is 6.47. The summed E-state index contributed by atoms with van der Waals surface area (Å²) in [5, 5.41) is 3.31. The first-order valence-electron chi connectivity index (χ1n) is 11.2. The molecule has 1 fully saturated rings. The zero-order valence-electron chi connectivity index (χ0n) is 18.6. The molecular weight excluding hydrogens is 455 g/mol. The normalized spacial score (nSPS) is 17.7. The lowest BCUT2D eigenvalue weighted by molar-refractivity contribution is 0.0583. The summed E-state index contributed by atoms with van der Waals surface area (Å²) >= 11 is 6.49. The van der Waals surface area contributed by atoms with Gasteiger partial charge in [0.05, 0.1) is 0 Å². The average molecular weight is 481 g/mol. The first-order valence-corrected chi connectivity index (χ1v) is 11.6. The second-order valence-electron chi connectivity index (χ2n) is 8.46. The number of carbonyl (C=O) groups is 2. The molecule has 3 N–H and O–H groups in total.